The molecule has 3 amide bonds. The van der Waals surface area contributed by atoms with Crippen LogP contribution >= 0.6 is 0 Å². The van der Waals surface area contributed by atoms with Crippen molar-refractivity contribution in [3.8, 4) is 5.75 Å². The van der Waals surface area contributed by atoms with Crippen molar-refractivity contribution >= 4 is 17.6 Å². The molecule has 0 radical (unpaired) electrons. The summed E-state index contributed by atoms with van der Waals surface area (Å²) in [7, 11) is 0. The topological polar surface area (TPSA) is 61.9 Å². The fourth-order valence-corrected chi connectivity index (χ4v) is 4.27. The quantitative estimate of drug-likeness (QED) is 0.814. The molecule has 2 aromatic carbocycles. The van der Waals surface area contributed by atoms with Gasteiger partial charge in [0, 0.05) is 25.6 Å². The molecule has 1 saturated heterocycles. The third-order valence-corrected chi connectivity index (χ3v) is 6.13. The number of ether oxygens (including phenoxy) is 1. The molecule has 0 spiro atoms. The Bertz CT molecular complexity index is 949. The van der Waals surface area contributed by atoms with Crippen molar-refractivity contribution in [3.05, 3.63) is 59.2 Å². The highest BCUT2D eigenvalue weighted by Crippen LogP contribution is 2.35. The molecule has 2 heterocycles. The molecule has 0 bridgehead atoms. The van der Waals surface area contributed by atoms with Gasteiger partial charge < -0.3 is 15.0 Å². The monoisotopic (exact) mass is 421 g/mol. The van der Waals surface area contributed by atoms with E-state index in [1.54, 1.807) is 0 Å². The predicted octanol–water partition coefficient (Wildman–Crippen LogP) is 4.04. The lowest BCUT2D eigenvalue weighted by Crippen LogP contribution is -2.52. The van der Waals surface area contributed by atoms with Gasteiger partial charge in [-0.3, -0.25) is 9.69 Å². The molecule has 6 heteroatoms. The molecular formula is C25H31N3O3. The first kappa shape index (κ1) is 21.2. The van der Waals surface area contributed by atoms with Crippen LogP contribution in [0.1, 0.15) is 36.5 Å². The number of benzene rings is 2. The van der Waals surface area contributed by atoms with Crippen LogP contribution in [-0.2, 0) is 11.3 Å². The van der Waals surface area contributed by atoms with Crippen LogP contribution in [0.2, 0.25) is 0 Å². The van der Waals surface area contributed by atoms with Crippen LogP contribution in [0.5, 0.6) is 5.75 Å². The van der Waals surface area contributed by atoms with E-state index < -0.39 is 0 Å². The number of urea groups is 1. The zero-order valence-corrected chi connectivity index (χ0v) is 18.6. The van der Waals surface area contributed by atoms with Crippen LogP contribution < -0.4 is 15.0 Å². The zero-order chi connectivity index (χ0) is 22.0. The van der Waals surface area contributed by atoms with E-state index in [0.29, 0.717) is 39.0 Å². The smallest absolute Gasteiger partial charge is 0.324 e. The van der Waals surface area contributed by atoms with Gasteiger partial charge in [-0.25, -0.2) is 4.79 Å². The second kappa shape index (κ2) is 9.00. The highest BCUT2D eigenvalue weighted by atomic mass is 16.5. The van der Waals surface area contributed by atoms with Crippen molar-refractivity contribution in [2.24, 2.45) is 5.92 Å². The van der Waals surface area contributed by atoms with Crippen molar-refractivity contribution in [1.82, 2.24) is 10.2 Å². The first-order chi connectivity index (χ1) is 14.9. The summed E-state index contributed by atoms with van der Waals surface area (Å²) < 4.78 is 5.91. The third-order valence-electron chi connectivity index (χ3n) is 6.13. The van der Waals surface area contributed by atoms with Gasteiger partial charge in [0.25, 0.3) is 0 Å². The number of nitrogens with one attached hydrogen (secondary N) is 1. The maximum atomic E-state index is 13.3. The van der Waals surface area contributed by atoms with E-state index in [1.807, 2.05) is 54.0 Å². The molecule has 1 N–H and O–H groups in total. The number of piperidine rings is 1. The number of carbonyl (C=O) groups excluding carboxylic acids is 2. The van der Waals surface area contributed by atoms with E-state index in [0.717, 1.165) is 22.6 Å². The summed E-state index contributed by atoms with van der Waals surface area (Å²) in [4.78, 5) is 29.6. The summed E-state index contributed by atoms with van der Waals surface area (Å²) in [6.07, 6.45) is 1.32. The van der Waals surface area contributed by atoms with Crippen LogP contribution in [0.3, 0.4) is 0 Å². The second-order valence-electron chi connectivity index (χ2n) is 8.76. The van der Waals surface area contributed by atoms with Crippen LogP contribution in [0, 0.1) is 19.8 Å². The van der Waals surface area contributed by atoms with Crippen LogP contribution in [0.15, 0.2) is 42.5 Å². The Kier molecular flexibility index (Phi) is 6.16. The lowest BCUT2D eigenvalue weighted by atomic mass is 9.96. The minimum Gasteiger partial charge on any atom is -0.487 e. The lowest BCUT2D eigenvalue weighted by Gasteiger charge is -2.39. The van der Waals surface area contributed by atoms with E-state index >= 15 is 0 Å². The Balaban J connectivity index is 1.33. The first-order valence-corrected chi connectivity index (χ1v) is 11.1. The number of nitrogens with zero attached hydrogens (tertiary/aromatic N) is 2. The molecule has 1 fully saturated rings. The highest BCUT2D eigenvalue weighted by molar-refractivity contribution is 5.94. The van der Waals surface area contributed by atoms with Gasteiger partial charge in [0.2, 0.25) is 5.91 Å². The van der Waals surface area contributed by atoms with Gasteiger partial charge >= 0.3 is 6.03 Å². The Hall–Kier alpha value is -3.02. The van der Waals surface area contributed by atoms with E-state index in [4.69, 9.17) is 4.74 Å². The number of fused-ring (bicyclic) bond motifs is 1. The van der Waals surface area contributed by atoms with Gasteiger partial charge in [-0.05, 0) is 56.9 Å². The van der Waals surface area contributed by atoms with Crippen LogP contribution in [0.25, 0.3) is 0 Å². The minimum absolute atomic E-state index is 0.000476. The number of amides is 3. The molecule has 164 valence electrons. The molecule has 1 atom stereocenters. The van der Waals surface area contributed by atoms with Gasteiger partial charge in [-0.1, -0.05) is 35.9 Å². The second-order valence-corrected chi connectivity index (χ2v) is 8.76. The van der Waals surface area contributed by atoms with Crippen molar-refractivity contribution in [2.45, 2.75) is 46.3 Å². The summed E-state index contributed by atoms with van der Waals surface area (Å²) in [5, 5.41) is 3.05. The zero-order valence-electron chi connectivity index (χ0n) is 18.6. The molecule has 0 aromatic heterocycles. The molecule has 4 rings (SSSR count). The third kappa shape index (κ3) is 4.84. The molecule has 2 aromatic rings. The van der Waals surface area contributed by atoms with Gasteiger partial charge in [0.15, 0.2) is 0 Å². The lowest BCUT2D eigenvalue weighted by molar-refractivity contribution is -0.126. The van der Waals surface area contributed by atoms with Crippen LogP contribution in [0.4, 0.5) is 10.5 Å². The van der Waals surface area contributed by atoms with Crippen molar-refractivity contribution < 1.29 is 14.3 Å². The van der Waals surface area contributed by atoms with Crippen molar-refractivity contribution in [1.29, 1.82) is 0 Å². The molecule has 0 saturated carbocycles. The molecule has 1 unspecified atom stereocenters. The molecular weight excluding hydrogens is 390 g/mol. The predicted molar refractivity (Wildman–Crippen MR) is 121 cm³/mol. The number of anilines is 1. The molecule has 0 aliphatic carbocycles. The van der Waals surface area contributed by atoms with Crippen molar-refractivity contribution in [2.75, 3.05) is 24.5 Å². The molecule has 31 heavy (non-hydrogen) atoms. The van der Waals surface area contributed by atoms with Gasteiger partial charge in [-0.15, -0.1) is 0 Å². The first-order valence-electron chi connectivity index (χ1n) is 11.1. The average Bonchev–Trinajstić information content (AvgIpc) is 2.78. The average molecular weight is 422 g/mol. The molecule has 2 aliphatic heterocycles. The summed E-state index contributed by atoms with van der Waals surface area (Å²) >= 11 is 0. The maximum Gasteiger partial charge on any atom is 0.324 e. The Morgan fingerprint density at radius 2 is 1.71 bits per heavy atom. The Labute approximate surface area is 184 Å². The van der Waals surface area contributed by atoms with Crippen LogP contribution in [-0.4, -0.2) is 42.6 Å². The van der Waals surface area contributed by atoms with Gasteiger partial charge in [0.05, 0.1) is 12.2 Å². The normalized spacial score (nSPS) is 18.9. The highest BCUT2D eigenvalue weighted by Gasteiger charge is 2.33. The van der Waals surface area contributed by atoms with E-state index in [9.17, 15) is 9.59 Å². The summed E-state index contributed by atoms with van der Waals surface area (Å²) in [5.74, 6) is 0.782. The maximum absolute atomic E-state index is 13.3. The Morgan fingerprint density at radius 3 is 2.42 bits per heavy atom. The largest absolute Gasteiger partial charge is 0.487 e. The standard InChI is InChI=1S/C25H31N3O3/c1-17-4-7-20(8-5-17)15-26-24(29)21-10-12-27(13-11-21)25(30)28-16-19(3)31-23-9-6-18(2)14-22(23)28/h4-9,14,19,21H,10-13,15-16H2,1-3H3,(H,26,29). The number of hydrogen-bond acceptors (Lipinski definition) is 3. The van der Waals surface area contributed by atoms with E-state index in [1.165, 1.54) is 5.56 Å². The van der Waals surface area contributed by atoms with E-state index in [2.05, 4.69) is 24.4 Å². The summed E-state index contributed by atoms with van der Waals surface area (Å²) in [6, 6.07) is 14.1. The number of likely N-dealkylation sites (tertiary alicyclic amines) is 1. The number of hydrogen-bond donors (Lipinski definition) is 1. The fourth-order valence-electron chi connectivity index (χ4n) is 4.27. The minimum atomic E-state index is -0.0516. The summed E-state index contributed by atoms with van der Waals surface area (Å²) in [5.41, 5.74) is 4.24. The molecule has 6 nitrogen and oxygen atoms in total. The number of carbonyl (C=O) groups is 2. The fraction of sp³-hybridized carbons (Fsp3) is 0.440. The number of rotatable bonds is 3. The van der Waals surface area contributed by atoms with Gasteiger partial charge in [-0.2, -0.15) is 0 Å². The van der Waals surface area contributed by atoms with Crippen molar-refractivity contribution in [3.63, 3.8) is 0 Å². The summed E-state index contributed by atoms with van der Waals surface area (Å²) in [6.45, 7) is 8.30. The number of aryl methyl sites for hydroxylation is 2. The van der Waals surface area contributed by atoms with Gasteiger partial charge in [0.1, 0.15) is 11.9 Å². The molecule has 2 aliphatic rings. The SMILES string of the molecule is Cc1ccc(CNC(=O)C2CCN(C(=O)N3CC(C)Oc4ccc(C)cc43)CC2)cc1. The Morgan fingerprint density at radius 1 is 1.03 bits per heavy atom. The van der Waals surface area contributed by atoms with E-state index in [-0.39, 0.29) is 24.0 Å².